The number of rotatable bonds is 3. The average molecular weight is 376 g/mol. The van der Waals surface area contributed by atoms with E-state index in [1.54, 1.807) is 0 Å². The molecule has 1 atom stereocenters. The molecule has 27 heavy (non-hydrogen) atoms. The third-order valence-electron chi connectivity index (χ3n) is 4.18. The van der Waals surface area contributed by atoms with E-state index in [1.165, 1.54) is 0 Å². The number of hydrogen-bond donors (Lipinski definition) is 0. The second-order valence-electron chi connectivity index (χ2n) is 6.19. The van der Waals surface area contributed by atoms with Gasteiger partial charge in [0.1, 0.15) is 18.5 Å². The van der Waals surface area contributed by atoms with E-state index in [4.69, 9.17) is 28.4 Å². The van der Waals surface area contributed by atoms with Crippen molar-refractivity contribution < 1.29 is 28.4 Å². The zero-order valence-electron chi connectivity index (χ0n) is 15.6. The van der Waals surface area contributed by atoms with Crippen LogP contribution in [-0.2, 0) is 23.7 Å². The molecule has 0 N–H and O–H groups in total. The topological polar surface area (TPSA) is 55.4 Å². The predicted molar refractivity (Wildman–Crippen MR) is 102 cm³/mol. The minimum absolute atomic E-state index is 0.172. The van der Waals surface area contributed by atoms with Crippen LogP contribution in [-0.4, -0.2) is 72.2 Å². The lowest BCUT2D eigenvalue weighted by molar-refractivity contribution is -0.0604. The maximum Gasteiger partial charge on any atom is 0.127 e. The molecule has 0 radical (unpaired) electrons. The average Bonchev–Trinajstić information content (AvgIpc) is 2.72. The van der Waals surface area contributed by atoms with Crippen LogP contribution in [0.4, 0.5) is 0 Å². The van der Waals surface area contributed by atoms with Crippen molar-refractivity contribution in [2.45, 2.75) is 6.10 Å². The van der Waals surface area contributed by atoms with E-state index >= 15 is 0 Å². The van der Waals surface area contributed by atoms with Crippen molar-refractivity contribution in [2.75, 3.05) is 66.1 Å². The Balaban J connectivity index is 1.53. The molecule has 1 fully saturated rings. The van der Waals surface area contributed by atoms with Crippen molar-refractivity contribution >= 4 is 10.8 Å². The quantitative estimate of drug-likeness (QED) is 0.821. The van der Waals surface area contributed by atoms with Crippen LogP contribution in [0.15, 0.2) is 42.5 Å². The van der Waals surface area contributed by atoms with Crippen LogP contribution in [0.5, 0.6) is 5.75 Å². The van der Waals surface area contributed by atoms with E-state index in [-0.39, 0.29) is 6.10 Å². The van der Waals surface area contributed by atoms with Gasteiger partial charge in [0.25, 0.3) is 0 Å². The summed E-state index contributed by atoms with van der Waals surface area (Å²) in [5, 5.41) is 2.25. The monoisotopic (exact) mass is 376 g/mol. The maximum absolute atomic E-state index is 6.05. The number of ether oxygens (including phenoxy) is 6. The summed E-state index contributed by atoms with van der Waals surface area (Å²) in [7, 11) is 0. The molecule has 0 aliphatic carbocycles. The summed E-state index contributed by atoms with van der Waals surface area (Å²) < 4.78 is 34.0. The fourth-order valence-corrected chi connectivity index (χ4v) is 2.80. The highest BCUT2D eigenvalue weighted by atomic mass is 16.6. The Bertz CT molecular complexity index is 641. The fourth-order valence-electron chi connectivity index (χ4n) is 2.80. The Labute approximate surface area is 160 Å². The molecule has 2 aromatic rings. The van der Waals surface area contributed by atoms with Crippen molar-refractivity contribution in [3.63, 3.8) is 0 Å². The van der Waals surface area contributed by atoms with Gasteiger partial charge in [0, 0.05) is 5.39 Å². The van der Waals surface area contributed by atoms with Gasteiger partial charge in [-0.05, 0) is 11.5 Å². The van der Waals surface area contributed by atoms with Crippen molar-refractivity contribution in [3.8, 4) is 5.75 Å². The second kappa shape index (κ2) is 11.9. The summed E-state index contributed by atoms with van der Waals surface area (Å²) in [6.07, 6.45) is -0.172. The highest BCUT2D eigenvalue weighted by molar-refractivity contribution is 5.88. The van der Waals surface area contributed by atoms with Crippen LogP contribution in [0.3, 0.4) is 0 Å². The molecule has 1 aliphatic heterocycles. The van der Waals surface area contributed by atoms with Crippen LogP contribution in [0, 0.1) is 0 Å². The van der Waals surface area contributed by atoms with Gasteiger partial charge in [-0.15, -0.1) is 0 Å². The smallest absolute Gasteiger partial charge is 0.127 e. The van der Waals surface area contributed by atoms with Gasteiger partial charge in [-0.2, -0.15) is 0 Å². The van der Waals surface area contributed by atoms with Crippen LogP contribution < -0.4 is 4.74 Å². The third kappa shape index (κ3) is 7.08. The molecule has 1 saturated heterocycles. The summed E-state index contributed by atoms with van der Waals surface area (Å²) in [4.78, 5) is 0. The van der Waals surface area contributed by atoms with E-state index in [2.05, 4.69) is 18.2 Å². The highest BCUT2D eigenvalue weighted by Gasteiger charge is 2.12. The molecular weight excluding hydrogens is 348 g/mol. The molecule has 1 aliphatic rings. The van der Waals surface area contributed by atoms with Gasteiger partial charge in [0.2, 0.25) is 0 Å². The summed E-state index contributed by atoms with van der Waals surface area (Å²) in [6.45, 7) is 5.18. The van der Waals surface area contributed by atoms with E-state index in [0.29, 0.717) is 66.1 Å². The summed E-state index contributed by atoms with van der Waals surface area (Å²) in [5.74, 6) is 0.851. The van der Waals surface area contributed by atoms with Crippen LogP contribution in [0.25, 0.3) is 10.8 Å². The lowest BCUT2D eigenvalue weighted by atomic mass is 10.1. The van der Waals surface area contributed by atoms with Crippen molar-refractivity contribution in [1.82, 2.24) is 0 Å². The zero-order valence-corrected chi connectivity index (χ0v) is 15.6. The van der Waals surface area contributed by atoms with Crippen LogP contribution in [0.2, 0.25) is 0 Å². The van der Waals surface area contributed by atoms with E-state index in [9.17, 15) is 0 Å². The number of benzene rings is 2. The van der Waals surface area contributed by atoms with Gasteiger partial charge in [-0.3, -0.25) is 0 Å². The largest absolute Gasteiger partial charge is 0.490 e. The van der Waals surface area contributed by atoms with E-state index < -0.39 is 0 Å². The Hall–Kier alpha value is -1.70. The van der Waals surface area contributed by atoms with E-state index in [1.807, 2.05) is 24.3 Å². The van der Waals surface area contributed by atoms with Gasteiger partial charge in [-0.1, -0.05) is 36.4 Å². The zero-order chi connectivity index (χ0) is 18.6. The Morgan fingerprint density at radius 3 is 2.11 bits per heavy atom. The standard InChI is InChI=1S/C21H28O6/c1-2-6-20-18(4-1)5-3-7-21(20)27-17-19-16-25-13-12-23-9-8-22-10-11-24-14-15-26-19/h1-7,19H,8-17H2. The van der Waals surface area contributed by atoms with Crippen molar-refractivity contribution in [2.24, 2.45) is 0 Å². The molecular formula is C21H28O6. The summed E-state index contributed by atoms with van der Waals surface area (Å²) in [5.41, 5.74) is 0. The second-order valence-corrected chi connectivity index (χ2v) is 6.19. The molecule has 0 saturated carbocycles. The van der Waals surface area contributed by atoms with Crippen LogP contribution >= 0.6 is 0 Å². The lowest BCUT2D eigenvalue weighted by Crippen LogP contribution is -2.29. The molecule has 0 amide bonds. The summed E-state index contributed by atoms with van der Waals surface area (Å²) in [6, 6.07) is 14.2. The normalized spacial score (nSPS) is 21.3. The predicted octanol–water partition coefficient (Wildman–Crippen LogP) is 2.68. The van der Waals surface area contributed by atoms with Crippen LogP contribution in [0.1, 0.15) is 0 Å². The van der Waals surface area contributed by atoms with Crippen molar-refractivity contribution in [1.29, 1.82) is 0 Å². The van der Waals surface area contributed by atoms with Gasteiger partial charge in [0.15, 0.2) is 0 Å². The van der Waals surface area contributed by atoms with Gasteiger partial charge >= 0.3 is 0 Å². The molecule has 148 valence electrons. The SMILES string of the molecule is c1ccc2c(OCC3COCCOCCOCCOCCO3)cccc2c1. The first-order valence-electron chi connectivity index (χ1n) is 9.46. The first-order valence-corrected chi connectivity index (χ1v) is 9.46. The first kappa shape index (κ1) is 20.0. The fraction of sp³-hybridized carbons (Fsp3) is 0.524. The number of fused-ring (bicyclic) bond motifs is 1. The summed E-state index contributed by atoms with van der Waals surface area (Å²) >= 11 is 0. The third-order valence-corrected chi connectivity index (χ3v) is 4.18. The van der Waals surface area contributed by atoms with Gasteiger partial charge in [0.05, 0.1) is 59.5 Å². The molecule has 1 unspecified atom stereocenters. The molecule has 3 rings (SSSR count). The van der Waals surface area contributed by atoms with E-state index in [0.717, 1.165) is 16.5 Å². The molecule has 1 heterocycles. The molecule has 0 spiro atoms. The molecule has 2 aromatic carbocycles. The lowest BCUT2D eigenvalue weighted by Gasteiger charge is -2.19. The van der Waals surface area contributed by atoms with Gasteiger partial charge in [-0.25, -0.2) is 0 Å². The Morgan fingerprint density at radius 2 is 1.33 bits per heavy atom. The molecule has 0 aromatic heterocycles. The minimum Gasteiger partial charge on any atom is -0.490 e. The molecule has 6 heteroatoms. The Morgan fingerprint density at radius 1 is 0.704 bits per heavy atom. The number of hydrogen-bond acceptors (Lipinski definition) is 6. The Kier molecular flexibility index (Phi) is 8.83. The first-order chi connectivity index (χ1) is 13.4. The van der Waals surface area contributed by atoms with Crippen molar-refractivity contribution in [3.05, 3.63) is 42.5 Å². The maximum atomic E-state index is 6.05. The minimum atomic E-state index is -0.172. The van der Waals surface area contributed by atoms with Gasteiger partial charge < -0.3 is 28.4 Å². The molecule has 6 nitrogen and oxygen atoms in total. The highest BCUT2D eigenvalue weighted by Crippen LogP contribution is 2.25. The molecule has 0 bridgehead atoms.